The number of benzene rings is 1. The summed E-state index contributed by atoms with van der Waals surface area (Å²) in [4.78, 5) is 0. The molecule has 2 rings (SSSR count). The fourth-order valence-electron chi connectivity index (χ4n) is 1.61. The van der Waals surface area contributed by atoms with E-state index in [1.165, 1.54) is 20.3 Å². The molecular formula is C11H10F2N2O3. The van der Waals surface area contributed by atoms with E-state index in [1.807, 2.05) is 0 Å². The van der Waals surface area contributed by atoms with Gasteiger partial charge in [0.1, 0.15) is 5.56 Å². The Balaban J connectivity index is 2.76. The number of methoxy groups -OCH3 is 2. The Bertz CT molecular complexity index is 556. The Morgan fingerprint density at radius 3 is 2.06 bits per heavy atom. The summed E-state index contributed by atoms with van der Waals surface area (Å²) in [6, 6.07) is 1.99. The SMILES string of the molecule is COc1c(F)cc(F)c(OC)c1-c1cc(N)no1. The number of rotatable bonds is 3. The zero-order valence-electron chi connectivity index (χ0n) is 9.66. The molecular weight excluding hydrogens is 246 g/mol. The molecule has 0 radical (unpaired) electrons. The number of aromatic nitrogens is 1. The van der Waals surface area contributed by atoms with Crippen molar-refractivity contribution in [2.45, 2.75) is 0 Å². The molecule has 0 aliphatic carbocycles. The van der Waals surface area contributed by atoms with Crippen molar-refractivity contribution in [2.24, 2.45) is 0 Å². The van der Waals surface area contributed by atoms with E-state index in [2.05, 4.69) is 5.16 Å². The predicted octanol–water partition coefficient (Wildman–Crippen LogP) is 2.22. The maximum Gasteiger partial charge on any atom is 0.176 e. The first-order chi connectivity index (χ1) is 8.58. The smallest absolute Gasteiger partial charge is 0.176 e. The topological polar surface area (TPSA) is 70.5 Å². The summed E-state index contributed by atoms with van der Waals surface area (Å²) < 4.78 is 41.9. The fourth-order valence-corrected chi connectivity index (χ4v) is 1.61. The minimum absolute atomic E-state index is 0.0123. The van der Waals surface area contributed by atoms with Gasteiger partial charge < -0.3 is 19.7 Å². The van der Waals surface area contributed by atoms with Crippen LogP contribution in [0.2, 0.25) is 0 Å². The summed E-state index contributed by atoms with van der Waals surface area (Å²) in [5, 5.41) is 3.45. The van der Waals surface area contributed by atoms with Gasteiger partial charge in [-0.2, -0.15) is 0 Å². The lowest BCUT2D eigenvalue weighted by Crippen LogP contribution is -1.98. The largest absolute Gasteiger partial charge is 0.493 e. The molecule has 0 aliphatic heterocycles. The average Bonchev–Trinajstić information content (AvgIpc) is 2.74. The van der Waals surface area contributed by atoms with Crippen LogP contribution in [0.25, 0.3) is 11.3 Å². The molecule has 0 spiro atoms. The van der Waals surface area contributed by atoms with E-state index in [0.29, 0.717) is 6.07 Å². The summed E-state index contributed by atoms with van der Waals surface area (Å²) in [7, 11) is 2.50. The third-order valence-electron chi connectivity index (χ3n) is 2.32. The molecule has 7 heteroatoms. The normalized spacial score (nSPS) is 10.4. The Hall–Kier alpha value is -2.31. The molecule has 2 N–H and O–H groups in total. The molecule has 18 heavy (non-hydrogen) atoms. The summed E-state index contributed by atoms with van der Waals surface area (Å²) in [6.45, 7) is 0. The van der Waals surface area contributed by atoms with Gasteiger partial charge in [0.25, 0.3) is 0 Å². The van der Waals surface area contributed by atoms with E-state index >= 15 is 0 Å². The standard InChI is InChI=1S/C11H10F2N2O3/c1-16-10-5(12)3-6(13)11(17-2)9(10)7-4-8(14)15-18-7/h3-4H,1-2H3,(H2,14,15). The quantitative estimate of drug-likeness (QED) is 0.911. The number of hydrogen-bond donors (Lipinski definition) is 1. The lowest BCUT2D eigenvalue weighted by Gasteiger charge is -2.12. The van der Waals surface area contributed by atoms with Crippen LogP contribution in [0.15, 0.2) is 16.7 Å². The molecule has 0 aliphatic rings. The number of nitrogens with two attached hydrogens (primary N) is 1. The van der Waals surface area contributed by atoms with Crippen LogP contribution in [0.3, 0.4) is 0 Å². The van der Waals surface area contributed by atoms with Crippen LogP contribution >= 0.6 is 0 Å². The van der Waals surface area contributed by atoms with Gasteiger partial charge in [0.2, 0.25) is 0 Å². The lowest BCUT2D eigenvalue weighted by molar-refractivity contribution is 0.355. The maximum atomic E-state index is 13.6. The second kappa shape index (κ2) is 4.52. The van der Waals surface area contributed by atoms with Crippen LogP contribution < -0.4 is 15.2 Å². The van der Waals surface area contributed by atoms with E-state index in [0.717, 1.165) is 0 Å². The summed E-state index contributed by atoms with van der Waals surface area (Å²) in [5.41, 5.74) is 5.39. The first kappa shape index (κ1) is 12.2. The van der Waals surface area contributed by atoms with E-state index in [4.69, 9.17) is 19.7 Å². The molecule has 0 fully saturated rings. The van der Waals surface area contributed by atoms with Crippen molar-refractivity contribution in [1.29, 1.82) is 0 Å². The molecule has 0 amide bonds. The van der Waals surface area contributed by atoms with Gasteiger partial charge in [-0.3, -0.25) is 0 Å². The Morgan fingerprint density at radius 1 is 1.11 bits per heavy atom. The fraction of sp³-hybridized carbons (Fsp3) is 0.182. The van der Waals surface area contributed by atoms with Gasteiger partial charge in [-0.25, -0.2) is 8.78 Å². The highest BCUT2D eigenvalue weighted by molar-refractivity contribution is 5.75. The molecule has 0 saturated carbocycles. The first-order valence-electron chi connectivity index (χ1n) is 4.91. The van der Waals surface area contributed by atoms with Crippen molar-refractivity contribution in [2.75, 3.05) is 20.0 Å². The second-order valence-electron chi connectivity index (χ2n) is 3.40. The maximum absolute atomic E-state index is 13.6. The Morgan fingerprint density at radius 2 is 1.67 bits per heavy atom. The van der Waals surface area contributed by atoms with Crippen molar-refractivity contribution < 1.29 is 22.8 Å². The van der Waals surface area contributed by atoms with Gasteiger partial charge in [0.05, 0.1) is 14.2 Å². The van der Waals surface area contributed by atoms with Crippen LogP contribution in [0.5, 0.6) is 11.5 Å². The van der Waals surface area contributed by atoms with E-state index < -0.39 is 11.6 Å². The third-order valence-corrected chi connectivity index (χ3v) is 2.32. The molecule has 1 aromatic heterocycles. The minimum atomic E-state index is -0.874. The number of anilines is 1. The zero-order valence-corrected chi connectivity index (χ0v) is 9.66. The lowest BCUT2D eigenvalue weighted by atomic mass is 10.1. The summed E-state index contributed by atoms with van der Waals surface area (Å²) in [6.07, 6.45) is 0. The number of halogens is 2. The van der Waals surface area contributed by atoms with Crippen LogP contribution in [0, 0.1) is 11.6 Å². The van der Waals surface area contributed by atoms with Crippen molar-refractivity contribution in [3.05, 3.63) is 23.8 Å². The predicted molar refractivity (Wildman–Crippen MR) is 59.4 cm³/mol. The summed E-state index contributed by atoms with van der Waals surface area (Å²) >= 11 is 0. The first-order valence-corrected chi connectivity index (χ1v) is 4.91. The number of hydrogen-bond acceptors (Lipinski definition) is 5. The van der Waals surface area contributed by atoms with Crippen LogP contribution in [-0.4, -0.2) is 19.4 Å². The van der Waals surface area contributed by atoms with E-state index in [9.17, 15) is 8.78 Å². The molecule has 1 heterocycles. The molecule has 0 bridgehead atoms. The van der Waals surface area contributed by atoms with Gasteiger partial charge in [-0.1, -0.05) is 5.16 Å². The van der Waals surface area contributed by atoms with Gasteiger partial charge in [-0.15, -0.1) is 0 Å². The molecule has 0 unspecified atom stereocenters. The average molecular weight is 256 g/mol. The number of nitrogens with zero attached hydrogens (tertiary/aromatic N) is 1. The van der Waals surface area contributed by atoms with Crippen molar-refractivity contribution in [3.8, 4) is 22.8 Å². The van der Waals surface area contributed by atoms with Gasteiger partial charge >= 0.3 is 0 Å². The second-order valence-corrected chi connectivity index (χ2v) is 3.40. The Labute approximate surface area is 101 Å². The molecule has 96 valence electrons. The summed E-state index contributed by atoms with van der Waals surface area (Å²) in [5.74, 6) is -2.02. The number of ether oxygens (including phenoxy) is 2. The van der Waals surface area contributed by atoms with Crippen molar-refractivity contribution in [1.82, 2.24) is 5.16 Å². The monoisotopic (exact) mass is 256 g/mol. The molecule has 2 aromatic rings. The number of nitrogen functional groups attached to an aromatic ring is 1. The van der Waals surface area contributed by atoms with Crippen LogP contribution in [0.4, 0.5) is 14.6 Å². The van der Waals surface area contributed by atoms with Gasteiger partial charge in [0, 0.05) is 12.1 Å². The molecule has 0 atom stereocenters. The highest BCUT2D eigenvalue weighted by atomic mass is 19.1. The highest BCUT2D eigenvalue weighted by Gasteiger charge is 2.24. The van der Waals surface area contributed by atoms with Crippen LogP contribution in [0.1, 0.15) is 0 Å². The molecule has 1 aromatic carbocycles. The third kappa shape index (κ3) is 1.83. The van der Waals surface area contributed by atoms with E-state index in [1.54, 1.807) is 0 Å². The van der Waals surface area contributed by atoms with Crippen molar-refractivity contribution >= 4 is 5.82 Å². The van der Waals surface area contributed by atoms with Gasteiger partial charge in [-0.05, 0) is 0 Å². The Kier molecular flexibility index (Phi) is 3.05. The highest BCUT2D eigenvalue weighted by Crippen LogP contribution is 2.42. The molecule has 5 nitrogen and oxygen atoms in total. The minimum Gasteiger partial charge on any atom is -0.493 e. The van der Waals surface area contributed by atoms with Crippen LogP contribution in [-0.2, 0) is 0 Å². The van der Waals surface area contributed by atoms with Crippen molar-refractivity contribution in [3.63, 3.8) is 0 Å². The zero-order chi connectivity index (χ0) is 13.3. The van der Waals surface area contributed by atoms with Gasteiger partial charge in [0.15, 0.2) is 34.7 Å². The molecule has 0 saturated heterocycles. The van der Waals surface area contributed by atoms with E-state index in [-0.39, 0.29) is 28.6 Å².